The highest BCUT2D eigenvalue weighted by molar-refractivity contribution is 7.12. The number of nitrogens with one attached hydrogen (secondary N) is 1. The minimum atomic E-state index is 0.104. The monoisotopic (exact) mass is 292 g/mol. The van der Waals surface area contributed by atoms with E-state index in [0.29, 0.717) is 0 Å². The number of aryl methyl sites for hydroxylation is 1. The van der Waals surface area contributed by atoms with Crippen molar-refractivity contribution in [2.24, 2.45) is 5.84 Å². The summed E-state index contributed by atoms with van der Waals surface area (Å²) in [7, 11) is 3.28. The van der Waals surface area contributed by atoms with E-state index >= 15 is 0 Å². The lowest BCUT2D eigenvalue weighted by molar-refractivity contribution is 0.354. The maximum absolute atomic E-state index is 5.69. The second-order valence-corrected chi connectivity index (χ2v) is 5.88. The van der Waals surface area contributed by atoms with Gasteiger partial charge < -0.3 is 9.47 Å². The summed E-state index contributed by atoms with van der Waals surface area (Å²) in [6.45, 7) is 2.10. The molecule has 0 aliphatic carbocycles. The fraction of sp³-hybridized carbons (Fsp3) is 0.333. The number of hydrazine groups is 1. The molecular weight excluding hydrogens is 272 g/mol. The zero-order chi connectivity index (χ0) is 14.5. The van der Waals surface area contributed by atoms with Gasteiger partial charge in [-0.05, 0) is 43.2 Å². The van der Waals surface area contributed by atoms with Crippen LogP contribution in [-0.2, 0) is 6.42 Å². The molecule has 1 atom stereocenters. The smallest absolute Gasteiger partial charge is 0.160 e. The maximum atomic E-state index is 5.69. The van der Waals surface area contributed by atoms with Gasteiger partial charge in [-0.2, -0.15) is 0 Å². The average molecular weight is 292 g/mol. The van der Waals surface area contributed by atoms with Crippen molar-refractivity contribution in [3.8, 4) is 11.5 Å². The molecule has 2 rings (SSSR count). The molecule has 0 spiro atoms. The van der Waals surface area contributed by atoms with Crippen molar-refractivity contribution in [1.82, 2.24) is 5.43 Å². The first-order valence-corrected chi connectivity index (χ1v) is 7.23. The van der Waals surface area contributed by atoms with Crippen LogP contribution in [0.25, 0.3) is 0 Å². The molecule has 0 aliphatic heterocycles. The minimum Gasteiger partial charge on any atom is -0.493 e. The molecule has 108 valence electrons. The van der Waals surface area contributed by atoms with Gasteiger partial charge in [0.15, 0.2) is 11.5 Å². The van der Waals surface area contributed by atoms with Gasteiger partial charge in [0.1, 0.15) is 0 Å². The highest BCUT2D eigenvalue weighted by Gasteiger charge is 2.14. The summed E-state index contributed by atoms with van der Waals surface area (Å²) in [5, 5.41) is 0. The molecule has 2 aromatic rings. The summed E-state index contributed by atoms with van der Waals surface area (Å²) in [6, 6.07) is 10.3. The van der Waals surface area contributed by atoms with E-state index in [4.69, 9.17) is 15.3 Å². The van der Waals surface area contributed by atoms with Crippen LogP contribution in [0.5, 0.6) is 11.5 Å². The molecular formula is C15H20N2O2S. The lowest BCUT2D eigenvalue weighted by atomic mass is 10.0. The molecule has 0 radical (unpaired) electrons. The molecule has 0 amide bonds. The van der Waals surface area contributed by atoms with Gasteiger partial charge in [0.05, 0.1) is 20.3 Å². The molecule has 0 fully saturated rings. The second-order valence-electron chi connectivity index (χ2n) is 4.56. The molecule has 1 unspecified atom stereocenters. The van der Waals surface area contributed by atoms with Crippen LogP contribution in [0.4, 0.5) is 0 Å². The Morgan fingerprint density at radius 1 is 1.15 bits per heavy atom. The van der Waals surface area contributed by atoms with Gasteiger partial charge in [0.2, 0.25) is 0 Å². The number of methoxy groups -OCH3 is 2. The van der Waals surface area contributed by atoms with Crippen molar-refractivity contribution in [1.29, 1.82) is 0 Å². The predicted octanol–water partition coefficient (Wildman–Crippen LogP) is 2.82. The first-order chi connectivity index (χ1) is 9.67. The molecule has 1 heterocycles. The number of rotatable bonds is 6. The van der Waals surface area contributed by atoms with E-state index in [-0.39, 0.29) is 6.04 Å². The Labute approximate surface area is 123 Å². The molecule has 0 saturated carbocycles. The molecule has 4 nitrogen and oxygen atoms in total. The summed E-state index contributed by atoms with van der Waals surface area (Å²) in [6.07, 6.45) is 0.802. The van der Waals surface area contributed by atoms with Gasteiger partial charge in [-0.15, -0.1) is 11.3 Å². The van der Waals surface area contributed by atoms with Gasteiger partial charge >= 0.3 is 0 Å². The molecule has 0 aliphatic rings. The van der Waals surface area contributed by atoms with Crippen LogP contribution in [0.15, 0.2) is 30.3 Å². The van der Waals surface area contributed by atoms with E-state index in [1.807, 2.05) is 18.2 Å². The normalized spacial score (nSPS) is 12.2. The summed E-state index contributed by atoms with van der Waals surface area (Å²) in [5.41, 5.74) is 4.03. The summed E-state index contributed by atoms with van der Waals surface area (Å²) < 4.78 is 10.6. The van der Waals surface area contributed by atoms with Crippen molar-refractivity contribution in [2.75, 3.05) is 14.2 Å². The largest absolute Gasteiger partial charge is 0.493 e. The third-order valence-corrected chi connectivity index (χ3v) is 4.31. The number of hydrogen-bond acceptors (Lipinski definition) is 5. The first-order valence-electron chi connectivity index (χ1n) is 6.41. The van der Waals surface area contributed by atoms with E-state index in [9.17, 15) is 0 Å². The van der Waals surface area contributed by atoms with Gasteiger partial charge in [-0.3, -0.25) is 11.3 Å². The van der Waals surface area contributed by atoms with Crippen molar-refractivity contribution in [2.45, 2.75) is 19.4 Å². The topological polar surface area (TPSA) is 56.5 Å². The first kappa shape index (κ1) is 14.8. The van der Waals surface area contributed by atoms with E-state index in [1.165, 1.54) is 9.75 Å². The number of benzene rings is 1. The van der Waals surface area contributed by atoms with Crippen LogP contribution in [0.3, 0.4) is 0 Å². The van der Waals surface area contributed by atoms with Crippen LogP contribution in [0.1, 0.15) is 21.4 Å². The average Bonchev–Trinajstić information content (AvgIpc) is 2.90. The van der Waals surface area contributed by atoms with Crippen LogP contribution in [0.2, 0.25) is 0 Å². The molecule has 20 heavy (non-hydrogen) atoms. The third-order valence-electron chi connectivity index (χ3n) is 3.19. The fourth-order valence-electron chi connectivity index (χ4n) is 2.13. The van der Waals surface area contributed by atoms with Gasteiger partial charge in [0, 0.05) is 9.75 Å². The van der Waals surface area contributed by atoms with Gasteiger partial charge in [-0.1, -0.05) is 6.07 Å². The van der Waals surface area contributed by atoms with Crippen LogP contribution < -0.4 is 20.7 Å². The van der Waals surface area contributed by atoms with E-state index in [0.717, 1.165) is 23.5 Å². The van der Waals surface area contributed by atoms with Crippen molar-refractivity contribution in [3.63, 3.8) is 0 Å². The Bertz CT molecular complexity index is 569. The van der Waals surface area contributed by atoms with Crippen LogP contribution >= 0.6 is 11.3 Å². The summed E-state index contributed by atoms with van der Waals surface area (Å²) in [4.78, 5) is 2.52. The van der Waals surface area contributed by atoms with E-state index < -0.39 is 0 Å². The Morgan fingerprint density at radius 3 is 2.45 bits per heavy atom. The number of thiophene rings is 1. The fourth-order valence-corrected chi connectivity index (χ4v) is 3.06. The molecule has 0 saturated heterocycles. The van der Waals surface area contributed by atoms with Crippen molar-refractivity contribution < 1.29 is 9.47 Å². The number of ether oxygens (including phenoxy) is 2. The molecule has 3 N–H and O–H groups in total. The van der Waals surface area contributed by atoms with E-state index in [2.05, 4.69) is 24.5 Å². The van der Waals surface area contributed by atoms with Gasteiger partial charge in [-0.25, -0.2) is 0 Å². The lowest BCUT2D eigenvalue weighted by Crippen LogP contribution is -2.28. The Morgan fingerprint density at radius 2 is 1.90 bits per heavy atom. The number of hydrogen-bond donors (Lipinski definition) is 2. The standard InChI is InChI=1S/C15H20N2O2S/c1-10-4-7-15(20-10)12(17-16)8-11-5-6-13(18-2)14(9-11)19-3/h4-7,9,12,17H,8,16H2,1-3H3. The molecule has 1 aromatic heterocycles. The lowest BCUT2D eigenvalue weighted by Gasteiger charge is -2.15. The summed E-state index contributed by atoms with van der Waals surface area (Å²) in [5.74, 6) is 7.16. The Balaban J connectivity index is 2.19. The van der Waals surface area contributed by atoms with Crippen molar-refractivity contribution >= 4 is 11.3 Å². The minimum absolute atomic E-state index is 0.104. The van der Waals surface area contributed by atoms with Crippen LogP contribution in [-0.4, -0.2) is 14.2 Å². The highest BCUT2D eigenvalue weighted by atomic mass is 32.1. The van der Waals surface area contributed by atoms with Crippen molar-refractivity contribution in [3.05, 3.63) is 45.6 Å². The zero-order valence-electron chi connectivity index (χ0n) is 12.0. The molecule has 5 heteroatoms. The highest BCUT2D eigenvalue weighted by Crippen LogP contribution is 2.30. The summed E-state index contributed by atoms with van der Waals surface area (Å²) >= 11 is 1.76. The van der Waals surface area contributed by atoms with Crippen LogP contribution in [0, 0.1) is 6.92 Å². The van der Waals surface area contributed by atoms with Gasteiger partial charge in [0.25, 0.3) is 0 Å². The number of nitrogens with two attached hydrogens (primary N) is 1. The quantitative estimate of drug-likeness (QED) is 0.635. The predicted molar refractivity (Wildman–Crippen MR) is 82.4 cm³/mol. The zero-order valence-corrected chi connectivity index (χ0v) is 12.8. The third kappa shape index (κ3) is 3.30. The van der Waals surface area contributed by atoms with E-state index in [1.54, 1.807) is 25.6 Å². The SMILES string of the molecule is COc1ccc(CC(NN)c2ccc(C)s2)cc1OC. The maximum Gasteiger partial charge on any atom is 0.160 e. The second kappa shape index (κ2) is 6.74. The Hall–Kier alpha value is -1.56. The molecule has 1 aromatic carbocycles. The Kier molecular flexibility index (Phi) is 5.00. The molecule has 0 bridgehead atoms.